The number of carbonyl (C=O) groups excluding carboxylic acids is 1. The van der Waals surface area contributed by atoms with Gasteiger partial charge in [-0.2, -0.15) is 0 Å². The van der Waals surface area contributed by atoms with Crippen molar-refractivity contribution in [2.24, 2.45) is 0 Å². The SMILES string of the molecule is CN1CCN(Cc2cccc(CNC(=O)Cc3ccc(-n4cccc4)cc3)c2)CC1. The molecule has 2 heterocycles. The van der Waals surface area contributed by atoms with Crippen LogP contribution < -0.4 is 5.32 Å². The van der Waals surface area contributed by atoms with E-state index in [1.807, 2.05) is 48.8 Å². The molecule has 0 saturated carbocycles. The van der Waals surface area contributed by atoms with Gasteiger partial charge in [0, 0.05) is 57.3 Å². The lowest BCUT2D eigenvalue weighted by Crippen LogP contribution is -2.43. The van der Waals surface area contributed by atoms with E-state index in [9.17, 15) is 4.79 Å². The number of hydrogen-bond donors (Lipinski definition) is 1. The van der Waals surface area contributed by atoms with Crippen LogP contribution in [0, 0.1) is 0 Å². The molecule has 4 rings (SSSR count). The van der Waals surface area contributed by atoms with Crippen LogP contribution in [-0.2, 0) is 24.3 Å². The van der Waals surface area contributed by atoms with Crippen LogP contribution in [0.4, 0.5) is 0 Å². The molecule has 156 valence electrons. The molecule has 5 nitrogen and oxygen atoms in total. The standard InChI is InChI=1S/C25H30N4O/c1-27-13-15-28(16-14-27)20-23-6-4-5-22(17-23)19-26-25(30)18-21-7-9-24(10-8-21)29-11-2-3-12-29/h2-12,17H,13-16,18-20H2,1H3,(H,26,30). The highest BCUT2D eigenvalue weighted by Crippen LogP contribution is 2.12. The average molecular weight is 403 g/mol. The van der Waals surface area contributed by atoms with Crippen molar-refractivity contribution >= 4 is 5.91 Å². The summed E-state index contributed by atoms with van der Waals surface area (Å²) in [5.41, 5.74) is 4.58. The molecule has 0 radical (unpaired) electrons. The first kappa shape index (κ1) is 20.4. The monoisotopic (exact) mass is 402 g/mol. The summed E-state index contributed by atoms with van der Waals surface area (Å²) in [5, 5.41) is 3.06. The Morgan fingerprint density at radius 3 is 2.30 bits per heavy atom. The van der Waals surface area contributed by atoms with E-state index in [2.05, 4.69) is 51.0 Å². The van der Waals surface area contributed by atoms with Crippen LogP contribution in [0.2, 0.25) is 0 Å². The van der Waals surface area contributed by atoms with Gasteiger partial charge in [-0.3, -0.25) is 9.69 Å². The van der Waals surface area contributed by atoms with Gasteiger partial charge in [-0.15, -0.1) is 0 Å². The third-order valence-corrected chi connectivity index (χ3v) is 5.69. The van der Waals surface area contributed by atoms with Crippen LogP contribution in [0.15, 0.2) is 73.1 Å². The molecule has 0 aliphatic carbocycles. The third kappa shape index (κ3) is 5.59. The molecule has 0 bridgehead atoms. The maximum Gasteiger partial charge on any atom is 0.224 e. The van der Waals surface area contributed by atoms with Crippen LogP contribution >= 0.6 is 0 Å². The average Bonchev–Trinajstić information content (AvgIpc) is 3.30. The zero-order chi connectivity index (χ0) is 20.8. The lowest BCUT2D eigenvalue weighted by atomic mass is 10.1. The quantitative estimate of drug-likeness (QED) is 0.660. The Kier molecular flexibility index (Phi) is 6.62. The topological polar surface area (TPSA) is 40.5 Å². The van der Waals surface area contributed by atoms with E-state index >= 15 is 0 Å². The summed E-state index contributed by atoms with van der Waals surface area (Å²) >= 11 is 0. The predicted octanol–water partition coefficient (Wildman–Crippen LogP) is 3.08. The molecule has 1 aromatic heterocycles. The van der Waals surface area contributed by atoms with Crippen molar-refractivity contribution in [2.45, 2.75) is 19.5 Å². The maximum absolute atomic E-state index is 12.4. The van der Waals surface area contributed by atoms with E-state index in [4.69, 9.17) is 0 Å². The highest BCUT2D eigenvalue weighted by Gasteiger charge is 2.14. The molecule has 2 aromatic carbocycles. The summed E-state index contributed by atoms with van der Waals surface area (Å²) in [6, 6.07) is 20.7. The summed E-state index contributed by atoms with van der Waals surface area (Å²) < 4.78 is 2.05. The number of piperazine rings is 1. The molecule has 1 aliphatic rings. The van der Waals surface area contributed by atoms with E-state index < -0.39 is 0 Å². The third-order valence-electron chi connectivity index (χ3n) is 5.69. The Hall–Kier alpha value is -2.89. The second kappa shape index (κ2) is 9.74. The number of likely N-dealkylation sites (N-methyl/N-ethyl adjacent to an activating group) is 1. The van der Waals surface area contributed by atoms with Gasteiger partial charge in [0.1, 0.15) is 0 Å². The number of amides is 1. The van der Waals surface area contributed by atoms with E-state index in [0.717, 1.165) is 49.5 Å². The summed E-state index contributed by atoms with van der Waals surface area (Å²) in [4.78, 5) is 17.3. The predicted molar refractivity (Wildman–Crippen MR) is 121 cm³/mol. The van der Waals surface area contributed by atoms with E-state index in [-0.39, 0.29) is 5.91 Å². The molecule has 30 heavy (non-hydrogen) atoms. The Labute approximate surface area is 178 Å². The fourth-order valence-corrected chi connectivity index (χ4v) is 3.84. The van der Waals surface area contributed by atoms with Crippen molar-refractivity contribution < 1.29 is 4.79 Å². The minimum atomic E-state index is 0.0492. The van der Waals surface area contributed by atoms with Crippen LogP contribution in [0.25, 0.3) is 5.69 Å². The smallest absolute Gasteiger partial charge is 0.224 e. The molecule has 0 unspecified atom stereocenters. The first-order valence-electron chi connectivity index (χ1n) is 10.6. The van der Waals surface area contributed by atoms with Crippen LogP contribution in [-0.4, -0.2) is 53.5 Å². The van der Waals surface area contributed by atoms with E-state index in [1.54, 1.807) is 0 Å². The highest BCUT2D eigenvalue weighted by molar-refractivity contribution is 5.78. The molecule has 3 aromatic rings. The normalized spacial score (nSPS) is 15.2. The molecule has 0 atom stereocenters. The van der Waals surface area contributed by atoms with Gasteiger partial charge in [-0.05, 0) is 48.0 Å². The minimum Gasteiger partial charge on any atom is -0.352 e. The number of hydrogen-bond acceptors (Lipinski definition) is 3. The lowest BCUT2D eigenvalue weighted by Gasteiger charge is -2.32. The molecule has 1 amide bonds. The zero-order valence-electron chi connectivity index (χ0n) is 17.6. The summed E-state index contributed by atoms with van der Waals surface area (Å²) in [7, 11) is 2.18. The van der Waals surface area contributed by atoms with Gasteiger partial charge in [0.25, 0.3) is 0 Å². The Morgan fingerprint density at radius 2 is 1.57 bits per heavy atom. The molecular weight excluding hydrogens is 372 g/mol. The molecule has 0 spiro atoms. The summed E-state index contributed by atoms with van der Waals surface area (Å²) in [5.74, 6) is 0.0492. The number of rotatable bonds is 7. The number of aromatic nitrogens is 1. The van der Waals surface area contributed by atoms with Gasteiger partial charge in [-0.1, -0.05) is 36.4 Å². The van der Waals surface area contributed by atoms with Crippen molar-refractivity contribution in [2.75, 3.05) is 33.2 Å². The van der Waals surface area contributed by atoms with Gasteiger partial charge in [-0.25, -0.2) is 0 Å². The Balaban J connectivity index is 1.26. The number of benzene rings is 2. The Morgan fingerprint density at radius 1 is 0.867 bits per heavy atom. The molecule has 5 heteroatoms. The second-order valence-electron chi connectivity index (χ2n) is 8.11. The van der Waals surface area contributed by atoms with Gasteiger partial charge in [0.2, 0.25) is 5.91 Å². The van der Waals surface area contributed by atoms with E-state index in [0.29, 0.717) is 13.0 Å². The molecule has 1 saturated heterocycles. The zero-order valence-corrected chi connectivity index (χ0v) is 17.6. The van der Waals surface area contributed by atoms with Gasteiger partial charge in [0.15, 0.2) is 0 Å². The Bertz CT molecular complexity index is 942. The van der Waals surface area contributed by atoms with Crippen molar-refractivity contribution in [3.63, 3.8) is 0 Å². The number of carbonyl (C=O) groups is 1. The molecular formula is C25H30N4O. The van der Waals surface area contributed by atoms with Crippen molar-refractivity contribution in [3.8, 4) is 5.69 Å². The number of nitrogens with one attached hydrogen (secondary N) is 1. The molecule has 1 fully saturated rings. The summed E-state index contributed by atoms with van der Waals surface area (Å²) in [6.45, 7) is 6.02. The largest absolute Gasteiger partial charge is 0.352 e. The number of nitrogens with zero attached hydrogens (tertiary/aromatic N) is 3. The highest BCUT2D eigenvalue weighted by atomic mass is 16.1. The van der Waals surface area contributed by atoms with Crippen LogP contribution in [0.3, 0.4) is 0 Å². The van der Waals surface area contributed by atoms with Gasteiger partial charge >= 0.3 is 0 Å². The summed E-state index contributed by atoms with van der Waals surface area (Å²) in [6.07, 6.45) is 4.42. The molecule has 1 N–H and O–H groups in total. The van der Waals surface area contributed by atoms with Crippen LogP contribution in [0.1, 0.15) is 16.7 Å². The minimum absolute atomic E-state index is 0.0492. The van der Waals surface area contributed by atoms with Gasteiger partial charge < -0.3 is 14.8 Å². The fourth-order valence-electron chi connectivity index (χ4n) is 3.84. The van der Waals surface area contributed by atoms with Crippen LogP contribution in [0.5, 0.6) is 0 Å². The maximum atomic E-state index is 12.4. The van der Waals surface area contributed by atoms with Crippen molar-refractivity contribution in [1.29, 1.82) is 0 Å². The first-order valence-corrected chi connectivity index (χ1v) is 10.6. The second-order valence-corrected chi connectivity index (χ2v) is 8.11. The van der Waals surface area contributed by atoms with E-state index in [1.165, 1.54) is 5.56 Å². The van der Waals surface area contributed by atoms with Crippen molar-refractivity contribution in [3.05, 3.63) is 89.7 Å². The molecule has 1 aliphatic heterocycles. The van der Waals surface area contributed by atoms with Crippen molar-refractivity contribution in [1.82, 2.24) is 19.7 Å². The fraction of sp³-hybridized carbons (Fsp3) is 0.320. The lowest BCUT2D eigenvalue weighted by molar-refractivity contribution is -0.120. The first-order chi connectivity index (χ1) is 14.7. The van der Waals surface area contributed by atoms with Gasteiger partial charge in [0.05, 0.1) is 6.42 Å².